The van der Waals surface area contributed by atoms with Crippen LogP contribution >= 0.6 is 0 Å². The number of rotatable bonds is 6. The minimum absolute atomic E-state index is 0.101. The van der Waals surface area contributed by atoms with E-state index in [1.807, 2.05) is 4.90 Å². The van der Waals surface area contributed by atoms with Crippen molar-refractivity contribution in [2.24, 2.45) is 0 Å². The van der Waals surface area contributed by atoms with E-state index in [0.717, 1.165) is 12.8 Å². The predicted octanol–water partition coefficient (Wildman–Crippen LogP) is 0.264. The number of sulfone groups is 1. The third-order valence-electron chi connectivity index (χ3n) is 6.07. The van der Waals surface area contributed by atoms with Gasteiger partial charge < -0.3 is 9.64 Å². The van der Waals surface area contributed by atoms with Crippen molar-refractivity contribution in [3.63, 3.8) is 0 Å². The highest BCUT2D eigenvalue weighted by atomic mass is 32.2. The third-order valence-corrected chi connectivity index (χ3v) is 6.99. The topological polar surface area (TPSA) is 104 Å². The number of hydrogen-bond acceptors (Lipinski definition) is 7. The Hall–Kier alpha value is -2.30. The van der Waals surface area contributed by atoms with E-state index in [9.17, 15) is 22.8 Å². The minimum atomic E-state index is -3.02. The first kappa shape index (κ1) is 21.9. The zero-order chi connectivity index (χ0) is 22.2. The number of carbonyl (C=O) groups excluding carboxylic acids is 3. The predicted molar refractivity (Wildman–Crippen MR) is 113 cm³/mol. The molecule has 0 saturated carbocycles. The lowest BCUT2D eigenvalue weighted by molar-refractivity contribution is 0.0475. The van der Waals surface area contributed by atoms with Gasteiger partial charge in [-0.25, -0.2) is 8.42 Å². The standard InChI is InChI=1S/C21H27N3O6S/c1-31(28,29)12-10-22-6-8-23(9-7-22)19(25)15-4-5-17-18(13-15)21(27)24(20(17)26)14-16-3-2-11-30-16/h4-5,13,16H,2-3,6-12,14H2,1H3. The Morgan fingerprint density at radius 3 is 2.45 bits per heavy atom. The van der Waals surface area contributed by atoms with Crippen molar-refractivity contribution >= 4 is 27.6 Å². The minimum Gasteiger partial charge on any atom is -0.376 e. The molecule has 31 heavy (non-hydrogen) atoms. The average molecular weight is 450 g/mol. The molecule has 0 bridgehead atoms. The summed E-state index contributed by atoms with van der Waals surface area (Å²) >= 11 is 0. The molecular formula is C21H27N3O6S. The van der Waals surface area contributed by atoms with E-state index in [1.54, 1.807) is 17.0 Å². The molecule has 9 nitrogen and oxygen atoms in total. The number of ether oxygens (including phenoxy) is 1. The summed E-state index contributed by atoms with van der Waals surface area (Å²) < 4.78 is 28.2. The Morgan fingerprint density at radius 2 is 1.81 bits per heavy atom. The molecule has 1 atom stereocenters. The highest BCUT2D eigenvalue weighted by Crippen LogP contribution is 2.26. The molecule has 168 valence electrons. The normalized spacial score (nSPS) is 22.3. The summed E-state index contributed by atoms with van der Waals surface area (Å²) in [4.78, 5) is 43.4. The number of carbonyl (C=O) groups is 3. The molecule has 3 heterocycles. The molecule has 4 rings (SSSR count). The van der Waals surface area contributed by atoms with Crippen LogP contribution in [-0.2, 0) is 14.6 Å². The quantitative estimate of drug-likeness (QED) is 0.574. The largest absolute Gasteiger partial charge is 0.376 e. The number of imide groups is 1. The van der Waals surface area contributed by atoms with Crippen LogP contribution in [-0.4, -0.2) is 105 Å². The second-order valence-electron chi connectivity index (χ2n) is 8.38. The summed E-state index contributed by atoms with van der Waals surface area (Å²) in [6, 6.07) is 4.67. The van der Waals surface area contributed by atoms with Crippen molar-refractivity contribution in [1.29, 1.82) is 0 Å². The summed E-state index contributed by atoms with van der Waals surface area (Å²) in [6.07, 6.45) is 2.85. The van der Waals surface area contributed by atoms with Crippen LogP contribution in [0.2, 0.25) is 0 Å². The molecule has 10 heteroatoms. The first-order chi connectivity index (χ1) is 14.7. The van der Waals surface area contributed by atoms with Crippen LogP contribution in [0.4, 0.5) is 0 Å². The van der Waals surface area contributed by atoms with E-state index in [0.29, 0.717) is 50.5 Å². The Morgan fingerprint density at radius 1 is 1.10 bits per heavy atom. The van der Waals surface area contributed by atoms with Crippen molar-refractivity contribution < 1.29 is 27.5 Å². The molecule has 2 saturated heterocycles. The zero-order valence-corrected chi connectivity index (χ0v) is 18.4. The molecule has 2 fully saturated rings. The van der Waals surface area contributed by atoms with Crippen LogP contribution in [0.25, 0.3) is 0 Å². The van der Waals surface area contributed by atoms with Gasteiger partial charge in [0, 0.05) is 51.1 Å². The molecule has 1 aromatic carbocycles. The van der Waals surface area contributed by atoms with Gasteiger partial charge in [0.1, 0.15) is 9.84 Å². The van der Waals surface area contributed by atoms with Gasteiger partial charge in [-0.3, -0.25) is 24.2 Å². The van der Waals surface area contributed by atoms with Crippen molar-refractivity contribution in [2.75, 3.05) is 57.9 Å². The van der Waals surface area contributed by atoms with Crippen molar-refractivity contribution in [1.82, 2.24) is 14.7 Å². The van der Waals surface area contributed by atoms with E-state index >= 15 is 0 Å². The molecule has 1 aromatic rings. The summed E-state index contributed by atoms with van der Waals surface area (Å²) in [5, 5.41) is 0. The molecular weight excluding hydrogens is 422 g/mol. The fourth-order valence-corrected chi connectivity index (χ4v) is 4.82. The maximum atomic E-state index is 13.0. The Bertz CT molecular complexity index is 994. The van der Waals surface area contributed by atoms with Gasteiger partial charge in [0.25, 0.3) is 17.7 Å². The van der Waals surface area contributed by atoms with Gasteiger partial charge in [-0.15, -0.1) is 0 Å². The second kappa shape index (κ2) is 8.68. The van der Waals surface area contributed by atoms with Crippen molar-refractivity contribution in [3.05, 3.63) is 34.9 Å². The molecule has 3 aliphatic rings. The number of fused-ring (bicyclic) bond motifs is 1. The highest BCUT2D eigenvalue weighted by molar-refractivity contribution is 7.90. The summed E-state index contributed by atoms with van der Waals surface area (Å²) in [5.74, 6) is -0.808. The summed E-state index contributed by atoms with van der Waals surface area (Å²) in [6.45, 7) is 3.50. The number of hydrogen-bond donors (Lipinski definition) is 0. The van der Waals surface area contributed by atoms with E-state index in [-0.39, 0.29) is 41.7 Å². The van der Waals surface area contributed by atoms with Crippen molar-refractivity contribution in [2.45, 2.75) is 18.9 Å². The van der Waals surface area contributed by atoms with Crippen LogP contribution < -0.4 is 0 Å². The average Bonchev–Trinajstić information content (AvgIpc) is 3.34. The molecule has 0 spiro atoms. The number of benzene rings is 1. The molecule has 1 unspecified atom stereocenters. The smallest absolute Gasteiger partial charge is 0.261 e. The lowest BCUT2D eigenvalue weighted by Crippen LogP contribution is -2.49. The lowest BCUT2D eigenvalue weighted by atomic mass is 10.0. The SMILES string of the molecule is CS(=O)(=O)CCN1CCN(C(=O)c2ccc3c(c2)C(=O)N(CC2CCCO2)C3=O)CC1. The van der Waals surface area contributed by atoms with Crippen LogP contribution in [0.15, 0.2) is 18.2 Å². The van der Waals surface area contributed by atoms with E-state index < -0.39 is 9.84 Å². The van der Waals surface area contributed by atoms with Crippen LogP contribution in [0, 0.1) is 0 Å². The van der Waals surface area contributed by atoms with Gasteiger partial charge in [-0.2, -0.15) is 0 Å². The molecule has 0 radical (unpaired) electrons. The van der Waals surface area contributed by atoms with Gasteiger partial charge in [-0.1, -0.05) is 0 Å². The fourth-order valence-electron chi connectivity index (χ4n) is 4.23. The second-order valence-corrected chi connectivity index (χ2v) is 10.6. The van der Waals surface area contributed by atoms with Gasteiger partial charge in [0.05, 0.1) is 29.5 Å². The Labute approximate surface area is 181 Å². The van der Waals surface area contributed by atoms with Crippen LogP contribution in [0.3, 0.4) is 0 Å². The number of nitrogens with zero attached hydrogens (tertiary/aromatic N) is 3. The molecule has 3 aliphatic heterocycles. The van der Waals surface area contributed by atoms with Gasteiger partial charge in [0.2, 0.25) is 0 Å². The van der Waals surface area contributed by atoms with Crippen molar-refractivity contribution in [3.8, 4) is 0 Å². The molecule has 0 N–H and O–H groups in total. The Kier molecular flexibility index (Phi) is 6.14. The summed E-state index contributed by atoms with van der Waals surface area (Å²) in [7, 11) is -3.02. The van der Waals surface area contributed by atoms with Crippen LogP contribution in [0.5, 0.6) is 0 Å². The number of piperazine rings is 1. The van der Waals surface area contributed by atoms with E-state index in [1.165, 1.54) is 17.2 Å². The first-order valence-corrected chi connectivity index (χ1v) is 12.6. The van der Waals surface area contributed by atoms with Gasteiger partial charge in [0.15, 0.2) is 0 Å². The van der Waals surface area contributed by atoms with E-state index in [4.69, 9.17) is 4.74 Å². The highest BCUT2D eigenvalue weighted by Gasteiger charge is 2.38. The third kappa shape index (κ3) is 4.81. The van der Waals surface area contributed by atoms with Crippen LogP contribution in [0.1, 0.15) is 43.9 Å². The first-order valence-electron chi connectivity index (χ1n) is 10.5. The molecule has 3 amide bonds. The molecule has 0 aliphatic carbocycles. The monoisotopic (exact) mass is 449 g/mol. The van der Waals surface area contributed by atoms with Gasteiger partial charge >= 0.3 is 0 Å². The maximum absolute atomic E-state index is 13.0. The zero-order valence-electron chi connectivity index (χ0n) is 17.6. The summed E-state index contributed by atoms with van der Waals surface area (Å²) in [5.41, 5.74) is 0.967. The van der Waals surface area contributed by atoms with Gasteiger partial charge in [-0.05, 0) is 31.0 Å². The Balaban J connectivity index is 1.40. The van der Waals surface area contributed by atoms with E-state index in [2.05, 4.69) is 0 Å². The fraction of sp³-hybridized carbons (Fsp3) is 0.571. The number of amides is 3. The lowest BCUT2D eigenvalue weighted by Gasteiger charge is -2.34. The molecule has 0 aromatic heterocycles. The maximum Gasteiger partial charge on any atom is 0.261 e.